The third-order valence-corrected chi connectivity index (χ3v) is 5.30. The van der Waals surface area contributed by atoms with Gasteiger partial charge in [-0.15, -0.1) is 11.3 Å². The molecular weight excluding hydrogens is 334 g/mol. The third kappa shape index (κ3) is 2.99. The van der Waals surface area contributed by atoms with Crippen molar-refractivity contribution in [1.82, 2.24) is 5.32 Å². The number of rotatable bonds is 5. The fourth-order valence-corrected chi connectivity index (χ4v) is 3.69. The summed E-state index contributed by atoms with van der Waals surface area (Å²) in [6.07, 6.45) is 2.82. The molecule has 0 amide bonds. The average molecular weight is 349 g/mol. The molecule has 2 rings (SSSR count). The van der Waals surface area contributed by atoms with Crippen molar-refractivity contribution in [1.29, 1.82) is 0 Å². The zero-order valence-corrected chi connectivity index (χ0v) is 13.5. The molecule has 0 saturated heterocycles. The number of nitrogens with one attached hydrogen (secondary N) is 1. The molecule has 0 radical (unpaired) electrons. The van der Waals surface area contributed by atoms with Crippen molar-refractivity contribution in [2.24, 2.45) is 0 Å². The molecule has 0 aliphatic heterocycles. The second-order valence-electron chi connectivity index (χ2n) is 4.09. The molecule has 0 saturated carbocycles. The second-order valence-corrected chi connectivity index (χ2v) is 6.90. The molecule has 1 atom stereocenters. The topological polar surface area (TPSA) is 25.2 Å². The van der Waals surface area contributed by atoms with E-state index in [2.05, 4.69) is 28.2 Å². The first-order valence-electron chi connectivity index (χ1n) is 5.85. The van der Waals surface area contributed by atoms with Gasteiger partial charge in [0.05, 0.1) is 21.1 Å². The highest BCUT2D eigenvalue weighted by Crippen LogP contribution is 2.38. The van der Waals surface area contributed by atoms with E-state index in [4.69, 9.17) is 16.0 Å². The maximum absolute atomic E-state index is 6.12. The van der Waals surface area contributed by atoms with Crippen molar-refractivity contribution in [2.45, 2.75) is 26.3 Å². The van der Waals surface area contributed by atoms with Gasteiger partial charge >= 0.3 is 0 Å². The summed E-state index contributed by atoms with van der Waals surface area (Å²) in [7, 11) is 0. The van der Waals surface area contributed by atoms with Gasteiger partial charge in [-0.05, 0) is 48.0 Å². The van der Waals surface area contributed by atoms with Crippen molar-refractivity contribution < 1.29 is 4.42 Å². The molecule has 18 heavy (non-hydrogen) atoms. The Kier molecular flexibility index (Phi) is 4.90. The van der Waals surface area contributed by atoms with Crippen LogP contribution in [-0.4, -0.2) is 6.54 Å². The number of aryl methyl sites for hydroxylation is 1. The van der Waals surface area contributed by atoms with Crippen LogP contribution in [0.2, 0.25) is 5.02 Å². The molecule has 2 aromatic rings. The molecule has 5 heteroatoms. The van der Waals surface area contributed by atoms with Crippen LogP contribution in [0.5, 0.6) is 0 Å². The number of thiophene rings is 1. The van der Waals surface area contributed by atoms with Crippen LogP contribution in [-0.2, 0) is 0 Å². The van der Waals surface area contributed by atoms with Crippen LogP contribution in [0.15, 0.2) is 26.6 Å². The molecule has 0 bridgehead atoms. The molecule has 2 nitrogen and oxygen atoms in total. The van der Waals surface area contributed by atoms with Gasteiger partial charge in [0, 0.05) is 10.4 Å². The monoisotopic (exact) mass is 347 g/mol. The second kappa shape index (κ2) is 6.24. The van der Waals surface area contributed by atoms with Gasteiger partial charge < -0.3 is 9.73 Å². The summed E-state index contributed by atoms with van der Waals surface area (Å²) in [5, 5.41) is 4.30. The average Bonchev–Trinajstić information content (AvgIpc) is 2.88. The van der Waals surface area contributed by atoms with Gasteiger partial charge in [-0.3, -0.25) is 0 Å². The van der Waals surface area contributed by atoms with E-state index >= 15 is 0 Å². The van der Waals surface area contributed by atoms with Crippen molar-refractivity contribution in [3.8, 4) is 0 Å². The van der Waals surface area contributed by atoms with Gasteiger partial charge in [0.2, 0.25) is 0 Å². The molecule has 98 valence electrons. The lowest BCUT2D eigenvalue weighted by Gasteiger charge is -2.16. The van der Waals surface area contributed by atoms with Gasteiger partial charge in [-0.2, -0.15) is 0 Å². The summed E-state index contributed by atoms with van der Waals surface area (Å²) >= 11 is 11.3. The van der Waals surface area contributed by atoms with Crippen molar-refractivity contribution >= 4 is 38.9 Å². The van der Waals surface area contributed by atoms with Crippen LogP contribution < -0.4 is 5.32 Å². The van der Waals surface area contributed by atoms with Crippen LogP contribution >= 0.6 is 38.9 Å². The minimum atomic E-state index is 0.150. The normalized spacial score (nSPS) is 12.9. The zero-order valence-electron chi connectivity index (χ0n) is 10.3. The summed E-state index contributed by atoms with van der Waals surface area (Å²) in [6, 6.07) is 4.18. The third-order valence-electron chi connectivity index (χ3n) is 2.76. The minimum absolute atomic E-state index is 0.150. The van der Waals surface area contributed by atoms with Gasteiger partial charge in [0.25, 0.3) is 0 Å². The fourth-order valence-electron chi connectivity index (χ4n) is 1.85. The van der Waals surface area contributed by atoms with E-state index in [0.29, 0.717) is 0 Å². The molecule has 0 aromatic carbocycles. The van der Waals surface area contributed by atoms with Gasteiger partial charge in [0.1, 0.15) is 5.76 Å². The Bertz CT molecular complexity index is 503. The molecule has 0 aliphatic rings. The molecule has 0 aliphatic carbocycles. The first-order valence-corrected chi connectivity index (χ1v) is 7.84. The van der Waals surface area contributed by atoms with E-state index in [9.17, 15) is 0 Å². The Morgan fingerprint density at radius 2 is 2.33 bits per heavy atom. The fraction of sp³-hybridized carbons (Fsp3) is 0.385. The standard InChI is InChI=1S/C13H15BrClNOS/c1-3-5-16-12(9-4-6-17-8(9)2)11-7-10(15)13(14)18-11/h4,6-7,12,16H,3,5H2,1-2H3. The Balaban J connectivity index is 2.33. The number of hydrogen-bond donors (Lipinski definition) is 1. The summed E-state index contributed by atoms with van der Waals surface area (Å²) in [6.45, 7) is 5.10. The smallest absolute Gasteiger partial charge is 0.105 e. The molecule has 0 fully saturated rings. The molecule has 2 heterocycles. The van der Waals surface area contributed by atoms with Gasteiger partial charge in [-0.1, -0.05) is 18.5 Å². The van der Waals surface area contributed by atoms with E-state index in [1.54, 1.807) is 17.6 Å². The lowest BCUT2D eigenvalue weighted by molar-refractivity contribution is 0.518. The Hall–Kier alpha value is -0.290. The lowest BCUT2D eigenvalue weighted by Crippen LogP contribution is -2.22. The molecule has 1 unspecified atom stereocenters. The zero-order chi connectivity index (χ0) is 13.1. The highest BCUT2D eigenvalue weighted by Gasteiger charge is 2.20. The number of halogens is 2. The van der Waals surface area contributed by atoms with Crippen molar-refractivity contribution in [3.63, 3.8) is 0 Å². The first-order chi connectivity index (χ1) is 8.63. The highest BCUT2D eigenvalue weighted by atomic mass is 79.9. The molecular formula is C13H15BrClNOS. The van der Waals surface area contributed by atoms with E-state index < -0.39 is 0 Å². The van der Waals surface area contributed by atoms with Crippen LogP contribution in [0.4, 0.5) is 0 Å². The van der Waals surface area contributed by atoms with Gasteiger partial charge in [0.15, 0.2) is 0 Å². The van der Waals surface area contributed by atoms with Gasteiger partial charge in [-0.25, -0.2) is 0 Å². The molecule has 2 aromatic heterocycles. The van der Waals surface area contributed by atoms with Crippen molar-refractivity contribution in [2.75, 3.05) is 6.54 Å². The van der Waals surface area contributed by atoms with Crippen LogP contribution in [0.3, 0.4) is 0 Å². The van der Waals surface area contributed by atoms with E-state index in [0.717, 1.165) is 27.5 Å². The van der Waals surface area contributed by atoms with Crippen LogP contribution in [0, 0.1) is 6.92 Å². The predicted molar refractivity (Wildman–Crippen MR) is 80.6 cm³/mol. The largest absolute Gasteiger partial charge is 0.469 e. The molecule has 1 N–H and O–H groups in total. The van der Waals surface area contributed by atoms with Crippen molar-refractivity contribution in [3.05, 3.63) is 43.4 Å². The quantitative estimate of drug-likeness (QED) is 0.808. The molecule has 0 spiro atoms. The summed E-state index contributed by atoms with van der Waals surface area (Å²) in [5.41, 5.74) is 1.17. The summed E-state index contributed by atoms with van der Waals surface area (Å²) < 4.78 is 6.38. The highest BCUT2D eigenvalue weighted by molar-refractivity contribution is 9.11. The SMILES string of the molecule is CCCNC(c1cc(Cl)c(Br)s1)c1ccoc1C. The summed E-state index contributed by atoms with van der Waals surface area (Å²) in [5.74, 6) is 0.948. The predicted octanol–water partition coefficient (Wildman–Crippen LogP) is 5.15. The Morgan fingerprint density at radius 1 is 1.56 bits per heavy atom. The van der Waals surface area contributed by atoms with E-state index in [-0.39, 0.29) is 6.04 Å². The maximum Gasteiger partial charge on any atom is 0.105 e. The van der Waals surface area contributed by atoms with Crippen LogP contribution in [0.25, 0.3) is 0 Å². The first kappa shape index (κ1) is 14.1. The number of furan rings is 1. The maximum atomic E-state index is 6.12. The van der Waals surface area contributed by atoms with E-state index in [1.165, 1.54) is 10.4 Å². The Morgan fingerprint density at radius 3 is 2.83 bits per heavy atom. The summed E-state index contributed by atoms with van der Waals surface area (Å²) in [4.78, 5) is 1.20. The van der Waals surface area contributed by atoms with Crippen LogP contribution in [0.1, 0.15) is 35.6 Å². The number of hydrogen-bond acceptors (Lipinski definition) is 3. The Labute approximate surface area is 124 Å². The lowest BCUT2D eigenvalue weighted by atomic mass is 10.1. The minimum Gasteiger partial charge on any atom is -0.469 e. The van der Waals surface area contributed by atoms with E-state index in [1.807, 2.05) is 19.1 Å².